The van der Waals surface area contributed by atoms with E-state index in [1.807, 2.05) is 0 Å². The van der Waals surface area contributed by atoms with E-state index in [1.165, 1.54) is 23.1 Å². The van der Waals surface area contributed by atoms with E-state index in [-0.39, 0.29) is 30.0 Å². The summed E-state index contributed by atoms with van der Waals surface area (Å²) in [5, 5.41) is 9.16. The van der Waals surface area contributed by atoms with Crippen molar-refractivity contribution >= 4 is 45.9 Å². The van der Waals surface area contributed by atoms with Crippen molar-refractivity contribution in [1.82, 2.24) is 10.6 Å². The van der Waals surface area contributed by atoms with E-state index in [0.29, 0.717) is 17.2 Å². The van der Waals surface area contributed by atoms with Crippen LogP contribution in [0, 0.1) is 0 Å². The van der Waals surface area contributed by atoms with Crippen LogP contribution in [0.15, 0.2) is 0 Å². The van der Waals surface area contributed by atoms with Crippen molar-refractivity contribution in [1.29, 1.82) is 0 Å². The van der Waals surface area contributed by atoms with Gasteiger partial charge in [-0.05, 0) is 38.2 Å². The van der Waals surface area contributed by atoms with Gasteiger partial charge in [0.1, 0.15) is 10.5 Å². The Bertz CT molecular complexity index is 737. The van der Waals surface area contributed by atoms with Gasteiger partial charge < -0.3 is 21.1 Å². The second-order valence-corrected chi connectivity index (χ2v) is 8.62. The van der Waals surface area contributed by atoms with Gasteiger partial charge in [0.05, 0.1) is 30.5 Å². The molecule has 0 spiro atoms. The normalized spacial score (nSPS) is 21.9. The summed E-state index contributed by atoms with van der Waals surface area (Å²) < 4.78 is 5.19. The molecule has 1 saturated heterocycles. The molecule has 2 atom stereocenters. The molecule has 27 heavy (non-hydrogen) atoms. The lowest BCUT2D eigenvalue weighted by atomic mass is 9.95. The zero-order chi connectivity index (χ0) is 19.4. The van der Waals surface area contributed by atoms with Gasteiger partial charge >= 0.3 is 5.97 Å². The Morgan fingerprint density at radius 3 is 2.89 bits per heavy atom. The van der Waals surface area contributed by atoms with E-state index in [9.17, 15) is 14.4 Å². The summed E-state index contributed by atoms with van der Waals surface area (Å²) in [5.41, 5.74) is 6.85. The van der Waals surface area contributed by atoms with Crippen molar-refractivity contribution < 1.29 is 19.1 Å². The number of hydrogen-bond acceptors (Lipinski definition) is 8. The first-order valence-corrected chi connectivity index (χ1v) is 10.9. The van der Waals surface area contributed by atoms with Crippen molar-refractivity contribution in [3.63, 3.8) is 0 Å². The molecule has 3 rings (SSSR count). The predicted molar refractivity (Wildman–Crippen MR) is 106 cm³/mol. The van der Waals surface area contributed by atoms with Gasteiger partial charge in [-0.2, -0.15) is 0 Å². The van der Waals surface area contributed by atoms with Crippen LogP contribution in [0.3, 0.4) is 0 Å². The fourth-order valence-electron chi connectivity index (χ4n) is 3.18. The Labute approximate surface area is 166 Å². The molecule has 2 aliphatic rings. The molecule has 5 N–H and O–H groups in total. The van der Waals surface area contributed by atoms with Crippen molar-refractivity contribution in [2.24, 2.45) is 5.73 Å². The number of nitrogens with two attached hydrogens (primary N) is 1. The van der Waals surface area contributed by atoms with E-state index >= 15 is 0 Å². The van der Waals surface area contributed by atoms with E-state index in [4.69, 9.17) is 10.5 Å². The second kappa shape index (κ2) is 9.05. The van der Waals surface area contributed by atoms with E-state index in [2.05, 4.69) is 16.0 Å². The van der Waals surface area contributed by atoms with Crippen LogP contribution < -0.4 is 21.7 Å². The van der Waals surface area contributed by atoms with E-state index in [0.717, 1.165) is 36.1 Å². The molecule has 0 radical (unpaired) electrons. The first-order valence-electron chi connectivity index (χ1n) is 9.02. The summed E-state index contributed by atoms with van der Waals surface area (Å²) in [6, 6.07) is 0. The van der Waals surface area contributed by atoms with Crippen LogP contribution in [0.5, 0.6) is 0 Å². The van der Waals surface area contributed by atoms with Crippen molar-refractivity contribution in [3.05, 3.63) is 16.0 Å². The van der Waals surface area contributed by atoms with Crippen LogP contribution in [0.2, 0.25) is 0 Å². The highest BCUT2D eigenvalue weighted by molar-refractivity contribution is 8.00. The van der Waals surface area contributed by atoms with Gasteiger partial charge in [-0.15, -0.1) is 23.1 Å². The minimum absolute atomic E-state index is 0.121. The number of thiophene rings is 1. The quantitative estimate of drug-likeness (QED) is 0.517. The first-order chi connectivity index (χ1) is 13.0. The van der Waals surface area contributed by atoms with Crippen molar-refractivity contribution in [3.8, 4) is 0 Å². The number of hydrogen-bond donors (Lipinski definition) is 4. The summed E-state index contributed by atoms with van der Waals surface area (Å²) in [7, 11) is 0. The number of anilines is 1. The Hall–Kier alpha value is -1.62. The van der Waals surface area contributed by atoms with Gasteiger partial charge in [0.15, 0.2) is 0 Å². The number of nitrogens with one attached hydrogen (secondary N) is 3. The van der Waals surface area contributed by atoms with Crippen LogP contribution in [-0.2, 0) is 27.2 Å². The maximum atomic E-state index is 12.4. The molecular formula is C17H24N4O4S2. The Morgan fingerprint density at radius 1 is 1.37 bits per heavy atom. The zero-order valence-corrected chi connectivity index (χ0v) is 16.8. The fourth-order valence-corrected chi connectivity index (χ4v) is 5.35. The maximum absolute atomic E-state index is 12.4. The molecule has 0 saturated carbocycles. The monoisotopic (exact) mass is 412 g/mol. The molecule has 1 aliphatic heterocycles. The van der Waals surface area contributed by atoms with Gasteiger partial charge in [-0.1, -0.05) is 0 Å². The van der Waals surface area contributed by atoms with Crippen LogP contribution in [0.4, 0.5) is 5.00 Å². The molecule has 8 nitrogen and oxygen atoms in total. The lowest BCUT2D eigenvalue weighted by molar-refractivity contribution is -0.123. The molecule has 1 aliphatic carbocycles. The van der Waals surface area contributed by atoms with E-state index < -0.39 is 11.7 Å². The minimum Gasteiger partial charge on any atom is -0.462 e. The number of carbonyl (C=O) groups excluding carboxylic acids is 3. The fraction of sp³-hybridized carbons (Fsp3) is 0.588. The molecule has 0 bridgehead atoms. The number of fused-ring (bicyclic) bond motifs is 1. The Morgan fingerprint density at radius 2 is 2.15 bits per heavy atom. The number of rotatable bonds is 6. The zero-order valence-electron chi connectivity index (χ0n) is 15.1. The molecule has 148 valence electrons. The summed E-state index contributed by atoms with van der Waals surface area (Å²) in [5.74, 6) is -0.642. The standard InChI is InChI=1S/C17H24N4O4S2/c1-2-25-16(24)14-9-5-3-4-6-10(9)27-15(14)20-13(23)8-26-17-19-11(18)7-12(22)21-17/h11,17,19H,2-8,18H2,1H3,(H,20,23)(H,21,22). The van der Waals surface area contributed by atoms with Crippen LogP contribution >= 0.6 is 23.1 Å². The molecule has 1 fully saturated rings. The highest BCUT2D eigenvalue weighted by atomic mass is 32.2. The van der Waals surface area contributed by atoms with Gasteiger partial charge in [0.25, 0.3) is 0 Å². The Balaban J connectivity index is 1.65. The molecule has 1 aromatic heterocycles. The van der Waals surface area contributed by atoms with Crippen molar-refractivity contribution in [2.45, 2.75) is 50.7 Å². The predicted octanol–water partition coefficient (Wildman–Crippen LogP) is 1.15. The number of esters is 1. The summed E-state index contributed by atoms with van der Waals surface area (Å²) >= 11 is 2.70. The van der Waals surface area contributed by atoms with Gasteiger partial charge in [0.2, 0.25) is 11.8 Å². The first kappa shape index (κ1) is 20.1. The smallest absolute Gasteiger partial charge is 0.341 e. The summed E-state index contributed by atoms with van der Waals surface area (Å²) in [4.78, 5) is 37.5. The molecule has 10 heteroatoms. The van der Waals surface area contributed by atoms with Gasteiger partial charge in [-0.3, -0.25) is 14.9 Å². The number of thioether (sulfide) groups is 1. The maximum Gasteiger partial charge on any atom is 0.341 e. The lowest BCUT2D eigenvalue weighted by Crippen LogP contribution is -2.58. The summed E-state index contributed by atoms with van der Waals surface area (Å²) in [6.45, 7) is 2.06. The topological polar surface area (TPSA) is 123 Å². The number of ether oxygens (including phenoxy) is 1. The van der Waals surface area contributed by atoms with Gasteiger partial charge in [0, 0.05) is 4.88 Å². The molecule has 0 aromatic carbocycles. The average Bonchev–Trinajstić information content (AvgIpc) is 2.97. The number of amides is 2. The molecule has 2 amide bonds. The Kier molecular flexibility index (Phi) is 6.74. The van der Waals surface area contributed by atoms with Gasteiger partial charge in [-0.25, -0.2) is 4.79 Å². The number of carbonyl (C=O) groups is 3. The average molecular weight is 413 g/mol. The van der Waals surface area contributed by atoms with Crippen LogP contribution in [0.1, 0.15) is 47.0 Å². The molecule has 2 unspecified atom stereocenters. The van der Waals surface area contributed by atoms with Crippen molar-refractivity contribution in [2.75, 3.05) is 17.7 Å². The third kappa shape index (κ3) is 5.01. The lowest BCUT2D eigenvalue weighted by Gasteiger charge is -2.28. The molecular weight excluding hydrogens is 388 g/mol. The third-order valence-corrected chi connectivity index (χ3v) is 6.57. The molecule has 1 aromatic rings. The SMILES string of the molecule is CCOC(=O)c1c(NC(=O)CSC2NC(=O)CC(N)N2)sc2c1CCCC2. The highest BCUT2D eigenvalue weighted by Gasteiger charge is 2.28. The third-order valence-electron chi connectivity index (χ3n) is 4.35. The van der Waals surface area contributed by atoms with E-state index in [1.54, 1.807) is 6.92 Å². The number of aryl methyl sites for hydroxylation is 1. The minimum atomic E-state index is -0.418. The largest absolute Gasteiger partial charge is 0.462 e. The highest BCUT2D eigenvalue weighted by Crippen LogP contribution is 2.38. The van der Waals surface area contributed by atoms with Crippen LogP contribution in [-0.4, -0.2) is 41.8 Å². The second-order valence-electron chi connectivity index (χ2n) is 6.42. The van der Waals surface area contributed by atoms with Crippen LogP contribution in [0.25, 0.3) is 0 Å². The summed E-state index contributed by atoms with van der Waals surface area (Å²) in [6.07, 6.45) is 3.68. The molecule has 2 heterocycles.